The van der Waals surface area contributed by atoms with Gasteiger partial charge in [0.05, 0.1) is 79.1 Å². The van der Waals surface area contributed by atoms with Gasteiger partial charge >= 0.3 is 5.97 Å². The number of carbonyl (C=O) groups is 2. The maximum absolute atomic E-state index is 13.5. The smallest absolute Gasteiger partial charge is 0.337 e. The Bertz CT molecular complexity index is 1600. The molecule has 5 heterocycles. The van der Waals surface area contributed by atoms with Crippen LogP contribution in [0, 0.1) is 35.5 Å². The van der Waals surface area contributed by atoms with Crippen molar-refractivity contribution in [2.75, 3.05) is 20.8 Å². The van der Waals surface area contributed by atoms with Gasteiger partial charge in [-0.05, 0) is 75.0 Å². The molecule has 6 rings (SSSR count). The number of amides is 1. The first-order valence-corrected chi connectivity index (χ1v) is 21.8. The largest absolute Gasteiger partial charge is 0.465 e. The predicted octanol–water partition coefficient (Wildman–Crippen LogP) is 5.29. The lowest BCUT2D eigenvalue weighted by Crippen LogP contribution is -2.57. The van der Waals surface area contributed by atoms with Crippen LogP contribution in [0.4, 0.5) is 0 Å². The molecule has 0 aliphatic carbocycles. The van der Waals surface area contributed by atoms with Crippen molar-refractivity contribution < 1.29 is 58.1 Å². The molecule has 17 atom stereocenters. The second-order valence-corrected chi connectivity index (χ2v) is 18.9. The number of aliphatic hydroxyl groups is 3. The zero-order chi connectivity index (χ0) is 42.4. The van der Waals surface area contributed by atoms with Crippen molar-refractivity contribution in [3.05, 3.63) is 35.4 Å². The van der Waals surface area contributed by atoms with Gasteiger partial charge in [-0.2, -0.15) is 0 Å². The van der Waals surface area contributed by atoms with Crippen LogP contribution in [0.25, 0.3) is 0 Å². The molecule has 0 radical (unpaired) electrons. The molecule has 1 amide bonds. The molecule has 5 aliphatic rings. The normalized spacial score (nSPS) is 43.3. The minimum absolute atomic E-state index is 0.165. The Morgan fingerprint density at radius 1 is 1.02 bits per heavy atom. The third-order valence-electron chi connectivity index (χ3n) is 14.9. The zero-order valence-corrected chi connectivity index (χ0v) is 36.4. The highest BCUT2D eigenvalue weighted by molar-refractivity contribution is 5.89. The van der Waals surface area contributed by atoms with Gasteiger partial charge in [-0.15, -0.1) is 0 Å². The third kappa shape index (κ3) is 8.63. The molecule has 5 fully saturated rings. The van der Waals surface area contributed by atoms with Crippen LogP contribution >= 0.6 is 0 Å². The first-order chi connectivity index (χ1) is 27.4. The summed E-state index contributed by atoms with van der Waals surface area (Å²) in [4.78, 5) is 25.5. The third-order valence-corrected chi connectivity index (χ3v) is 14.9. The minimum atomic E-state index is -1.58. The van der Waals surface area contributed by atoms with Crippen molar-refractivity contribution in [2.45, 2.75) is 179 Å². The molecule has 4 N–H and O–H groups in total. The summed E-state index contributed by atoms with van der Waals surface area (Å²) < 4.78 is 45.1. The molecule has 1 aromatic rings. The van der Waals surface area contributed by atoms with Crippen molar-refractivity contribution in [2.24, 2.45) is 35.5 Å². The van der Waals surface area contributed by atoms with E-state index < -0.39 is 59.6 Å². The van der Waals surface area contributed by atoms with Gasteiger partial charge in [0, 0.05) is 44.2 Å². The Balaban J connectivity index is 1.10. The van der Waals surface area contributed by atoms with Crippen LogP contribution in [0.3, 0.4) is 0 Å². The van der Waals surface area contributed by atoms with Gasteiger partial charge in [-0.3, -0.25) is 4.79 Å². The standard InChI is InChI=1S/C45H71NO12/c1-11-43(39-26(3)20-34(54-39)36-25(2)19-27(4)45(51,24-47)57-36)16-15-35(55-43)42(8)17-18-44(58-42)22-33(48)28(5)38(56-44)29(6)37(52-9)30(7)40(49)46-23-31-13-12-14-32(21-31)41(50)53-10/h12-14,21,25-30,33-39,47-48,51H,11,15-20,22-24H2,1-10H3,(H,46,49). The van der Waals surface area contributed by atoms with Crippen molar-refractivity contribution in [1.82, 2.24) is 5.32 Å². The summed E-state index contributed by atoms with van der Waals surface area (Å²) in [6.07, 6.45) is 2.90. The van der Waals surface area contributed by atoms with Gasteiger partial charge in [0.1, 0.15) is 0 Å². The topological polar surface area (TPSA) is 171 Å². The molecule has 1 aromatic carbocycles. The average molecular weight is 818 g/mol. The Hall–Kier alpha value is -2.20. The van der Waals surface area contributed by atoms with E-state index in [0.29, 0.717) is 24.8 Å². The van der Waals surface area contributed by atoms with Gasteiger partial charge < -0.3 is 53.8 Å². The van der Waals surface area contributed by atoms with Crippen LogP contribution in [0.5, 0.6) is 0 Å². The molecular weight excluding hydrogens is 746 g/mol. The van der Waals surface area contributed by atoms with Crippen LogP contribution in [-0.2, 0) is 44.5 Å². The summed E-state index contributed by atoms with van der Waals surface area (Å²) in [5, 5.41) is 35.6. The first kappa shape index (κ1) is 45.3. The Morgan fingerprint density at radius 2 is 1.76 bits per heavy atom. The van der Waals surface area contributed by atoms with E-state index in [0.717, 1.165) is 37.7 Å². The van der Waals surface area contributed by atoms with Crippen LogP contribution in [0.15, 0.2) is 24.3 Å². The molecule has 1 spiro atoms. The summed E-state index contributed by atoms with van der Waals surface area (Å²) >= 11 is 0. The van der Waals surface area contributed by atoms with Crippen molar-refractivity contribution in [3.63, 3.8) is 0 Å². The van der Waals surface area contributed by atoms with Crippen LogP contribution in [0.2, 0.25) is 0 Å². The molecule has 0 bridgehead atoms. The number of ether oxygens (including phenoxy) is 7. The van der Waals surface area contributed by atoms with E-state index in [1.165, 1.54) is 7.11 Å². The van der Waals surface area contributed by atoms with E-state index in [2.05, 4.69) is 33.0 Å². The number of carbonyl (C=O) groups excluding carboxylic acids is 2. The van der Waals surface area contributed by atoms with Gasteiger partial charge in [0.2, 0.25) is 5.91 Å². The van der Waals surface area contributed by atoms with Crippen LogP contribution < -0.4 is 5.32 Å². The monoisotopic (exact) mass is 817 g/mol. The molecule has 17 unspecified atom stereocenters. The molecular formula is C45H71NO12. The molecule has 13 nitrogen and oxygen atoms in total. The molecule has 58 heavy (non-hydrogen) atoms. The zero-order valence-electron chi connectivity index (χ0n) is 36.4. The molecule has 13 heteroatoms. The van der Waals surface area contributed by atoms with E-state index in [9.17, 15) is 24.9 Å². The number of nitrogens with one attached hydrogen (secondary N) is 1. The highest BCUT2D eigenvalue weighted by Gasteiger charge is 2.62. The maximum atomic E-state index is 13.5. The van der Waals surface area contributed by atoms with Gasteiger partial charge in [-0.25, -0.2) is 4.79 Å². The van der Waals surface area contributed by atoms with Gasteiger partial charge in [0.25, 0.3) is 0 Å². The fourth-order valence-corrected chi connectivity index (χ4v) is 11.2. The second-order valence-electron chi connectivity index (χ2n) is 18.9. The lowest BCUT2D eigenvalue weighted by Gasteiger charge is -2.49. The second kappa shape index (κ2) is 17.6. The molecule has 5 saturated heterocycles. The number of hydrogen-bond acceptors (Lipinski definition) is 12. The maximum Gasteiger partial charge on any atom is 0.337 e. The van der Waals surface area contributed by atoms with Crippen LogP contribution in [-0.4, -0.2) is 114 Å². The van der Waals surface area contributed by atoms with Gasteiger partial charge in [-0.1, -0.05) is 60.6 Å². The van der Waals surface area contributed by atoms with Crippen LogP contribution in [0.1, 0.15) is 123 Å². The number of esters is 1. The highest BCUT2D eigenvalue weighted by atomic mass is 16.7. The van der Waals surface area contributed by atoms with E-state index in [-0.39, 0.29) is 66.5 Å². The molecule has 328 valence electrons. The summed E-state index contributed by atoms with van der Waals surface area (Å²) in [5.41, 5.74) is -0.00429. The lowest BCUT2D eigenvalue weighted by atomic mass is 9.78. The quantitative estimate of drug-likeness (QED) is 0.190. The fourth-order valence-electron chi connectivity index (χ4n) is 11.2. The van der Waals surface area contributed by atoms with Gasteiger partial charge in [0.15, 0.2) is 11.6 Å². The number of rotatable bonds is 13. The summed E-state index contributed by atoms with van der Waals surface area (Å²) in [5.74, 6) is -4.11. The van der Waals surface area contributed by atoms with E-state index in [4.69, 9.17) is 33.2 Å². The number of benzene rings is 1. The predicted molar refractivity (Wildman–Crippen MR) is 214 cm³/mol. The SMILES string of the molecule is CCC1(C2OC(C3OC(O)(CO)C(C)CC3C)CC2C)CCC(C2(C)CCC3(CC(O)C(C)C(C(C)C(OC)C(C)C(=O)NCc4cccc(C(=O)OC)c4)O3)O2)O1. The Labute approximate surface area is 345 Å². The Morgan fingerprint density at radius 3 is 2.43 bits per heavy atom. The molecule has 5 aliphatic heterocycles. The highest BCUT2D eigenvalue weighted by Crippen LogP contribution is 2.55. The lowest BCUT2D eigenvalue weighted by molar-refractivity contribution is -0.336. The van der Waals surface area contributed by atoms with E-state index in [1.807, 2.05) is 33.8 Å². The molecule has 0 aromatic heterocycles. The van der Waals surface area contributed by atoms with Crippen molar-refractivity contribution in [1.29, 1.82) is 0 Å². The van der Waals surface area contributed by atoms with E-state index in [1.54, 1.807) is 25.3 Å². The first-order valence-electron chi connectivity index (χ1n) is 21.8. The summed E-state index contributed by atoms with van der Waals surface area (Å²) in [6.45, 7) is 16.1. The summed E-state index contributed by atoms with van der Waals surface area (Å²) in [7, 11) is 2.93. The number of hydrogen-bond donors (Lipinski definition) is 4. The average Bonchev–Trinajstić information content (AvgIpc) is 3.92. The van der Waals surface area contributed by atoms with E-state index >= 15 is 0 Å². The Kier molecular flexibility index (Phi) is 13.8. The fraction of sp³-hybridized carbons (Fsp3) is 0.822. The minimum Gasteiger partial charge on any atom is -0.465 e. The summed E-state index contributed by atoms with van der Waals surface area (Å²) in [6, 6.07) is 6.97. The van der Waals surface area contributed by atoms with Crippen molar-refractivity contribution >= 4 is 11.9 Å². The van der Waals surface area contributed by atoms with Crippen molar-refractivity contribution in [3.8, 4) is 0 Å². The number of aliphatic hydroxyl groups excluding tert-OH is 2. The molecule has 0 saturated carbocycles. The number of methoxy groups -OCH3 is 2.